The highest BCUT2D eigenvalue weighted by atomic mass is 16.5. The first-order valence-electron chi connectivity index (χ1n) is 6.46. The minimum atomic E-state index is -0.0322. The van der Waals surface area contributed by atoms with Gasteiger partial charge in [0.15, 0.2) is 6.04 Å². The Labute approximate surface area is 108 Å². The molecule has 1 aromatic rings. The number of hydrogen-bond donors (Lipinski definition) is 2. The lowest BCUT2D eigenvalue weighted by atomic mass is 10.2. The summed E-state index contributed by atoms with van der Waals surface area (Å²) in [6.07, 6.45) is 0. The van der Waals surface area contributed by atoms with E-state index < -0.39 is 0 Å². The summed E-state index contributed by atoms with van der Waals surface area (Å²) in [5.74, 6) is 0.0794. The van der Waals surface area contributed by atoms with Gasteiger partial charge < -0.3 is 15.0 Å². The summed E-state index contributed by atoms with van der Waals surface area (Å²) in [6.45, 7) is 7.32. The van der Waals surface area contributed by atoms with Gasteiger partial charge in [0.25, 0.3) is 5.91 Å². The smallest absolute Gasteiger partial charge is 0.282 e. The van der Waals surface area contributed by atoms with Gasteiger partial charge in [-0.2, -0.15) is 0 Å². The maximum Gasteiger partial charge on any atom is 0.282 e. The Morgan fingerprint density at radius 1 is 1.28 bits per heavy atom. The minimum absolute atomic E-state index is 0.0322. The molecule has 2 rings (SSSR count). The second-order valence-electron chi connectivity index (χ2n) is 4.85. The Morgan fingerprint density at radius 2 is 1.89 bits per heavy atom. The van der Waals surface area contributed by atoms with Crippen LogP contribution >= 0.6 is 0 Å². The predicted molar refractivity (Wildman–Crippen MR) is 70.8 cm³/mol. The van der Waals surface area contributed by atoms with Crippen LogP contribution in [0, 0.1) is 6.92 Å². The minimum Gasteiger partial charge on any atom is -0.370 e. The number of carbonyl (C=O) groups excluding carboxylic acids is 1. The van der Waals surface area contributed by atoms with Gasteiger partial charge in [0.2, 0.25) is 0 Å². The van der Waals surface area contributed by atoms with E-state index >= 15 is 0 Å². The van der Waals surface area contributed by atoms with Crippen molar-refractivity contribution in [1.29, 1.82) is 0 Å². The quantitative estimate of drug-likeness (QED) is 0.806. The number of ether oxygens (including phenoxy) is 1. The van der Waals surface area contributed by atoms with Crippen molar-refractivity contribution in [3.8, 4) is 0 Å². The van der Waals surface area contributed by atoms with Crippen molar-refractivity contribution in [1.82, 2.24) is 0 Å². The maximum absolute atomic E-state index is 12.1. The van der Waals surface area contributed by atoms with Gasteiger partial charge in [-0.25, -0.2) is 0 Å². The molecule has 1 fully saturated rings. The fraction of sp³-hybridized carbons (Fsp3) is 0.500. The average Bonchev–Trinajstić information content (AvgIpc) is 2.41. The van der Waals surface area contributed by atoms with Crippen LogP contribution in [0.2, 0.25) is 0 Å². The third-order valence-corrected chi connectivity index (χ3v) is 3.46. The van der Waals surface area contributed by atoms with Crippen molar-refractivity contribution in [2.24, 2.45) is 0 Å². The third kappa shape index (κ3) is 3.31. The van der Waals surface area contributed by atoms with Crippen LogP contribution in [0.5, 0.6) is 0 Å². The van der Waals surface area contributed by atoms with E-state index in [1.54, 1.807) is 0 Å². The molecule has 0 spiro atoms. The number of amides is 1. The molecule has 1 amide bonds. The Hall–Kier alpha value is -1.39. The van der Waals surface area contributed by atoms with Crippen molar-refractivity contribution in [2.45, 2.75) is 19.9 Å². The average molecular weight is 249 g/mol. The molecule has 0 saturated carbocycles. The van der Waals surface area contributed by atoms with Crippen molar-refractivity contribution in [3.05, 3.63) is 29.8 Å². The molecule has 0 aromatic heterocycles. The van der Waals surface area contributed by atoms with Crippen LogP contribution in [-0.4, -0.2) is 38.3 Å². The topological polar surface area (TPSA) is 42.8 Å². The van der Waals surface area contributed by atoms with E-state index in [0.29, 0.717) is 0 Å². The summed E-state index contributed by atoms with van der Waals surface area (Å²) in [5.41, 5.74) is 2.06. The fourth-order valence-corrected chi connectivity index (χ4v) is 2.14. The summed E-state index contributed by atoms with van der Waals surface area (Å²) < 4.78 is 5.31. The van der Waals surface area contributed by atoms with E-state index in [-0.39, 0.29) is 11.9 Å². The Morgan fingerprint density at radius 3 is 2.50 bits per heavy atom. The van der Waals surface area contributed by atoms with Gasteiger partial charge in [0.1, 0.15) is 13.1 Å². The second-order valence-corrected chi connectivity index (χ2v) is 4.85. The second kappa shape index (κ2) is 5.98. The molecule has 18 heavy (non-hydrogen) atoms. The van der Waals surface area contributed by atoms with Crippen molar-refractivity contribution < 1.29 is 14.4 Å². The first-order chi connectivity index (χ1) is 8.66. The fourth-order valence-electron chi connectivity index (χ4n) is 2.14. The normalized spacial score (nSPS) is 18.3. The number of rotatable bonds is 3. The van der Waals surface area contributed by atoms with E-state index in [2.05, 4.69) is 5.32 Å². The molecular formula is C14H21N2O2+. The summed E-state index contributed by atoms with van der Waals surface area (Å²) in [4.78, 5) is 13.4. The number of benzene rings is 1. The van der Waals surface area contributed by atoms with Gasteiger partial charge in [-0.15, -0.1) is 0 Å². The number of anilines is 1. The zero-order valence-electron chi connectivity index (χ0n) is 11.0. The lowest BCUT2D eigenvalue weighted by molar-refractivity contribution is -0.921. The first kappa shape index (κ1) is 13.1. The summed E-state index contributed by atoms with van der Waals surface area (Å²) in [6, 6.07) is 7.85. The Bertz CT molecular complexity index is 397. The van der Waals surface area contributed by atoms with Gasteiger partial charge in [-0.3, -0.25) is 4.79 Å². The van der Waals surface area contributed by atoms with Crippen LogP contribution in [-0.2, 0) is 9.53 Å². The molecule has 98 valence electrons. The van der Waals surface area contributed by atoms with Crippen LogP contribution in [0.4, 0.5) is 5.69 Å². The van der Waals surface area contributed by atoms with Gasteiger partial charge in [-0.05, 0) is 26.0 Å². The monoisotopic (exact) mass is 249 g/mol. The van der Waals surface area contributed by atoms with Crippen molar-refractivity contribution >= 4 is 11.6 Å². The van der Waals surface area contributed by atoms with E-state index in [0.717, 1.165) is 32.0 Å². The Kier molecular flexibility index (Phi) is 4.33. The SMILES string of the molecule is Cc1ccc(NC(=O)[C@@H](C)[NH+]2CCOCC2)cc1. The van der Waals surface area contributed by atoms with Crippen LogP contribution < -0.4 is 10.2 Å². The van der Waals surface area contributed by atoms with Gasteiger partial charge >= 0.3 is 0 Å². The first-order valence-corrected chi connectivity index (χ1v) is 6.46. The molecule has 1 aromatic carbocycles. The number of carbonyl (C=O) groups is 1. The molecule has 1 heterocycles. The molecule has 0 aliphatic carbocycles. The predicted octanol–water partition coefficient (Wildman–Crippen LogP) is 0.237. The lowest BCUT2D eigenvalue weighted by Gasteiger charge is -2.28. The molecule has 2 N–H and O–H groups in total. The van der Waals surface area contributed by atoms with Crippen LogP contribution in [0.1, 0.15) is 12.5 Å². The van der Waals surface area contributed by atoms with Crippen LogP contribution in [0.25, 0.3) is 0 Å². The zero-order chi connectivity index (χ0) is 13.0. The molecule has 0 unspecified atom stereocenters. The highest BCUT2D eigenvalue weighted by Gasteiger charge is 2.26. The van der Waals surface area contributed by atoms with Crippen LogP contribution in [0.3, 0.4) is 0 Å². The van der Waals surface area contributed by atoms with Gasteiger partial charge in [-0.1, -0.05) is 17.7 Å². The molecule has 0 radical (unpaired) electrons. The van der Waals surface area contributed by atoms with Gasteiger partial charge in [0.05, 0.1) is 13.2 Å². The molecular weight excluding hydrogens is 228 g/mol. The van der Waals surface area contributed by atoms with Crippen molar-refractivity contribution in [2.75, 3.05) is 31.6 Å². The van der Waals surface area contributed by atoms with Crippen molar-refractivity contribution in [3.63, 3.8) is 0 Å². The summed E-state index contributed by atoms with van der Waals surface area (Å²) in [7, 11) is 0. The molecule has 4 nitrogen and oxygen atoms in total. The Balaban J connectivity index is 1.92. The van der Waals surface area contributed by atoms with E-state index in [4.69, 9.17) is 4.74 Å². The number of nitrogens with one attached hydrogen (secondary N) is 2. The maximum atomic E-state index is 12.1. The lowest BCUT2D eigenvalue weighted by Crippen LogP contribution is -3.18. The molecule has 1 aliphatic heterocycles. The highest BCUT2D eigenvalue weighted by Crippen LogP contribution is 2.08. The number of aryl methyl sites for hydroxylation is 1. The molecule has 1 aliphatic rings. The van der Waals surface area contributed by atoms with Gasteiger partial charge in [0, 0.05) is 5.69 Å². The molecule has 4 heteroatoms. The number of hydrogen-bond acceptors (Lipinski definition) is 2. The number of quaternary nitrogens is 1. The molecule has 1 atom stereocenters. The highest BCUT2D eigenvalue weighted by molar-refractivity contribution is 5.93. The standard InChI is InChI=1S/C14H20N2O2/c1-11-3-5-13(6-4-11)15-14(17)12(2)16-7-9-18-10-8-16/h3-6,12H,7-10H2,1-2H3,(H,15,17)/p+1/t12-/m1/s1. The molecule has 1 saturated heterocycles. The van der Waals surface area contributed by atoms with E-state index in [1.807, 2.05) is 38.1 Å². The number of morpholine rings is 1. The zero-order valence-corrected chi connectivity index (χ0v) is 11.0. The molecule has 0 bridgehead atoms. The van der Waals surface area contributed by atoms with Crippen LogP contribution in [0.15, 0.2) is 24.3 Å². The summed E-state index contributed by atoms with van der Waals surface area (Å²) in [5, 5.41) is 2.97. The van der Waals surface area contributed by atoms with E-state index in [9.17, 15) is 4.79 Å². The third-order valence-electron chi connectivity index (χ3n) is 3.46. The summed E-state index contributed by atoms with van der Waals surface area (Å²) >= 11 is 0. The van der Waals surface area contributed by atoms with E-state index in [1.165, 1.54) is 10.5 Å². The largest absolute Gasteiger partial charge is 0.370 e.